The van der Waals surface area contributed by atoms with E-state index in [2.05, 4.69) is 60.4 Å². The normalized spacial score (nSPS) is 18.7. The van der Waals surface area contributed by atoms with Gasteiger partial charge in [0.1, 0.15) is 25.4 Å². The van der Waals surface area contributed by atoms with Crippen LogP contribution in [0, 0.1) is 5.92 Å². The highest BCUT2D eigenvalue weighted by Gasteiger charge is 2.35. The smallest absolute Gasteiger partial charge is 0.145 e. The molecule has 0 aromatic carbocycles. The van der Waals surface area contributed by atoms with Gasteiger partial charge in [0, 0.05) is 50.1 Å². The van der Waals surface area contributed by atoms with Gasteiger partial charge in [0.15, 0.2) is 0 Å². The van der Waals surface area contributed by atoms with E-state index in [9.17, 15) is 4.39 Å². The third-order valence-electron chi connectivity index (χ3n) is 6.87. The zero-order chi connectivity index (χ0) is 24.5. The maximum absolute atomic E-state index is 14.2. The molecule has 1 fully saturated rings. The summed E-state index contributed by atoms with van der Waals surface area (Å²) in [6.07, 6.45) is 8.29. The van der Waals surface area contributed by atoms with Crippen molar-refractivity contribution >= 4 is 19.1 Å². The monoisotopic (exact) mass is 486 g/mol. The Morgan fingerprint density at radius 1 is 1.24 bits per heavy atom. The topological polar surface area (TPSA) is 61.0 Å². The quantitative estimate of drug-likeness (QED) is 0.306. The lowest BCUT2D eigenvalue weighted by Gasteiger charge is -2.32. The summed E-state index contributed by atoms with van der Waals surface area (Å²) in [6.45, 7) is 16.4. The van der Waals surface area contributed by atoms with Crippen molar-refractivity contribution in [2.24, 2.45) is 5.92 Å². The summed E-state index contributed by atoms with van der Waals surface area (Å²) in [6, 6.07) is 2.90. The average Bonchev–Trinajstić information content (AvgIpc) is 3.51. The minimum atomic E-state index is -1.12. The third-order valence-corrected chi connectivity index (χ3v) is 8.58. The molecule has 2 atom stereocenters. The second-order valence-electron chi connectivity index (χ2n) is 11.7. The van der Waals surface area contributed by atoms with E-state index < -0.39 is 14.7 Å². The second kappa shape index (κ2) is 9.87. The van der Waals surface area contributed by atoms with Crippen LogP contribution in [0.3, 0.4) is 0 Å². The Balaban J connectivity index is 1.50. The predicted octanol–water partition coefficient (Wildman–Crippen LogP) is 5.24. The van der Waals surface area contributed by atoms with E-state index in [-0.39, 0.29) is 17.5 Å². The molecule has 34 heavy (non-hydrogen) atoms. The molecule has 186 valence electrons. The van der Waals surface area contributed by atoms with Crippen molar-refractivity contribution in [3.63, 3.8) is 0 Å². The summed E-state index contributed by atoms with van der Waals surface area (Å²) in [4.78, 5) is 11.5. The van der Waals surface area contributed by atoms with Crippen molar-refractivity contribution in [2.45, 2.75) is 71.2 Å². The van der Waals surface area contributed by atoms with Gasteiger partial charge >= 0.3 is 0 Å². The fourth-order valence-electron chi connectivity index (χ4n) is 4.64. The van der Waals surface area contributed by atoms with Crippen LogP contribution in [0.1, 0.15) is 33.2 Å². The zero-order valence-electron chi connectivity index (χ0n) is 21.5. The third kappa shape index (κ3) is 5.58. The first kappa shape index (κ1) is 25.0. The van der Waals surface area contributed by atoms with Crippen molar-refractivity contribution < 1.29 is 9.13 Å². The number of ether oxygens (including phenoxy) is 1. The van der Waals surface area contributed by atoms with Crippen LogP contribution in [0.5, 0.6) is 0 Å². The highest BCUT2D eigenvalue weighted by Crippen LogP contribution is 2.33. The van der Waals surface area contributed by atoms with Crippen molar-refractivity contribution in [1.29, 1.82) is 0 Å². The summed E-state index contributed by atoms with van der Waals surface area (Å²) in [5.41, 5.74) is 2.64. The van der Waals surface area contributed by atoms with Crippen LogP contribution < -0.4 is 0 Å². The molecule has 0 N–H and O–H groups in total. The molecule has 3 aromatic rings. The number of fused-ring (bicyclic) bond motifs is 1. The van der Waals surface area contributed by atoms with Crippen molar-refractivity contribution in [2.75, 3.05) is 26.4 Å². The average molecular weight is 487 g/mol. The van der Waals surface area contributed by atoms with Gasteiger partial charge in [-0.3, -0.25) is 9.58 Å². The summed E-state index contributed by atoms with van der Waals surface area (Å²) < 4.78 is 23.9. The van der Waals surface area contributed by atoms with Gasteiger partial charge in [-0.2, -0.15) is 5.10 Å². The Hall–Kier alpha value is -2.10. The van der Waals surface area contributed by atoms with Crippen LogP contribution in [-0.4, -0.2) is 69.2 Å². The number of aromatic nitrogens is 5. The summed E-state index contributed by atoms with van der Waals surface area (Å²) >= 11 is 0. The molecule has 1 aliphatic heterocycles. The maximum Gasteiger partial charge on any atom is 0.145 e. The molecule has 4 rings (SSSR count). The lowest BCUT2D eigenvalue weighted by Crippen LogP contribution is -2.40. The standard InChI is InChI=1S/C25H39FN6OSi/c1-25(2,3)31-10-7-19(15-31)22(13-26)32-16-20(14-29-32)23-21-8-9-30(24(21)28-17-27-23)18-33-11-12-34(4,5)6/h8-9,14,16-17,19,22H,7,10-13,15,18H2,1-6H3/t19-,22?/m0/s1. The molecule has 9 heteroatoms. The minimum Gasteiger partial charge on any atom is -0.361 e. The van der Waals surface area contributed by atoms with Gasteiger partial charge in [-0.25, -0.2) is 14.4 Å². The Kier molecular flexibility index (Phi) is 7.26. The van der Waals surface area contributed by atoms with Crippen LogP contribution in [0.25, 0.3) is 22.3 Å². The van der Waals surface area contributed by atoms with E-state index in [0.29, 0.717) is 6.73 Å². The molecule has 4 heterocycles. The Morgan fingerprint density at radius 2 is 2.03 bits per heavy atom. The molecule has 0 aliphatic carbocycles. The molecule has 0 bridgehead atoms. The summed E-state index contributed by atoms with van der Waals surface area (Å²) in [7, 11) is -1.12. The zero-order valence-corrected chi connectivity index (χ0v) is 22.5. The van der Waals surface area contributed by atoms with E-state index in [1.165, 1.54) is 0 Å². The molecule has 3 aromatic heterocycles. The molecule has 0 radical (unpaired) electrons. The van der Waals surface area contributed by atoms with Gasteiger partial charge in [-0.05, 0) is 51.8 Å². The van der Waals surface area contributed by atoms with E-state index in [0.717, 1.165) is 54.5 Å². The highest BCUT2D eigenvalue weighted by molar-refractivity contribution is 6.76. The van der Waals surface area contributed by atoms with Crippen molar-refractivity contribution in [3.8, 4) is 11.3 Å². The van der Waals surface area contributed by atoms with Gasteiger partial charge in [0.25, 0.3) is 0 Å². The van der Waals surface area contributed by atoms with Crippen LogP contribution in [0.15, 0.2) is 31.0 Å². The molecular weight excluding hydrogens is 447 g/mol. The number of hydrogen-bond donors (Lipinski definition) is 0. The van der Waals surface area contributed by atoms with E-state index in [4.69, 9.17) is 4.74 Å². The van der Waals surface area contributed by atoms with Gasteiger partial charge in [-0.15, -0.1) is 0 Å². The Labute approximate surface area is 203 Å². The molecule has 0 spiro atoms. The predicted molar refractivity (Wildman–Crippen MR) is 137 cm³/mol. The Bertz CT molecular complexity index is 1100. The van der Waals surface area contributed by atoms with Crippen LogP contribution in [0.2, 0.25) is 25.7 Å². The maximum atomic E-state index is 14.2. The van der Waals surface area contributed by atoms with Gasteiger partial charge in [0.05, 0.1) is 17.9 Å². The van der Waals surface area contributed by atoms with E-state index in [1.54, 1.807) is 17.2 Å². The van der Waals surface area contributed by atoms with Gasteiger partial charge in [0.2, 0.25) is 0 Å². The number of likely N-dealkylation sites (tertiary alicyclic amines) is 1. The molecule has 1 aliphatic rings. The lowest BCUT2D eigenvalue weighted by atomic mass is 9.99. The van der Waals surface area contributed by atoms with E-state index >= 15 is 0 Å². The molecule has 7 nitrogen and oxygen atoms in total. The number of rotatable bonds is 9. The van der Waals surface area contributed by atoms with Crippen LogP contribution in [-0.2, 0) is 11.5 Å². The van der Waals surface area contributed by atoms with Gasteiger partial charge in [-0.1, -0.05) is 19.6 Å². The van der Waals surface area contributed by atoms with Gasteiger partial charge < -0.3 is 9.30 Å². The fraction of sp³-hybridized carbons (Fsp3) is 0.640. The van der Waals surface area contributed by atoms with E-state index in [1.807, 2.05) is 23.0 Å². The first-order chi connectivity index (χ1) is 16.1. The Morgan fingerprint density at radius 3 is 2.71 bits per heavy atom. The molecule has 1 saturated heterocycles. The van der Waals surface area contributed by atoms with Crippen LogP contribution in [0.4, 0.5) is 4.39 Å². The molecule has 0 amide bonds. The highest BCUT2D eigenvalue weighted by atomic mass is 28.3. The first-order valence-corrected chi connectivity index (χ1v) is 16.0. The lowest BCUT2D eigenvalue weighted by molar-refractivity contribution is 0.0899. The van der Waals surface area contributed by atoms with Crippen LogP contribution >= 0.6 is 0 Å². The first-order valence-electron chi connectivity index (χ1n) is 12.3. The summed E-state index contributed by atoms with van der Waals surface area (Å²) in [5, 5.41) is 5.51. The SMILES string of the molecule is CC(C)(C)N1CC[C@H](C(CF)n2cc(-c3ncnc4c3ccn4COCC[Si](C)(C)C)cn2)C1. The largest absolute Gasteiger partial charge is 0.361 e. The molecular formula is C25H39FN6OSi. The van der Waals surface area contributed by atoms with Crippen molar-refractivity contribution in [3.05, 3.63) is 31.0 Å². The van der Waals surface area contributed by atoms with Crippen molar-refractivity contribution in [1.82, 2.24) is 29.2 Å². The molecule has 0 saturated carbocycles. The number of hydrogen-bond acceptors (Lipinski definition) is 5. The molecule has 1 unspecified atom stereocenters. The second-order valence-corrected chi connectivity index (χ2v) is 17.3. The minimum absolute atomic E-state index is 0.100. The number of nitrogens with zero attached hydrogens (tertiary/aromatic N) is 6. The fourth-order valence-corrected chi connectivity index (χ4v) is 5.40. The number of halogens is 1. The summed E-state index contributed by atoms with van der Waals surface area (Å²) in [5.74, 6) is 0.247. The number of alkyl halides is 1.